The van der Waals surface area contributed by atoms with E-state index in [9.17, 15) is 19.5 Å². The molecule has 1 unspecified atom stereocenters. The highest BCUT2D eigenvalue weighted by atomic mass is 16.5. The van der Waals surface area contributed by atoms with E-state index in [0.717, 1.165) is 7.11 Å². The van der Waals surface area contributed by atoms with Crippen LogP contribution in [0.15, 0.2) is 30.3 Å². The molecule has 2 rings (SSSR count). The van der Waals surface area contributed by atoms with E-state index in [-0.39, 0.29) is 18.8 Å². The van der Waals surface area contributed by atoms with Crippen molar-refractivity contribution < 1.29 is 29.0 Å². The maximum Gasteiger partial charge on any atom is 0.320 e. The maximum absolute atomic E-state index is 12.0. The van der Waals surface area contributed by atoms with Crippen LogP contribution in [0.2, 0.25) is 0 Å². The van der Waals surface area contributed by atoms with Gasteiger partial charge < -0.3 is 14.6 Å². The van der Waals surface area contributed by atoms with E-state index in [4.69, 9.17) is 4.74 Å². The molecular formula is C16H18O6. The molecule has 0 amide bonds. The van der Waals surface area contributed by atoms with E-state index in [2.05, 4.69) is 4.74 Å². The minimum Gasteiger partial charge on any atom is -0.481 e. The molecule has 1 saturated carbocycles. The molecule has 6 nitrogen and oxygen atoms in total. The van der Waals surface area contributed by atoms with Gasteiger partial charge in [0.2, 0.25) is 0 Å². The molecule has 0 radical (unpaired) electrons. The molecule has 1 aromatic rings. The second-order valence-corrected chi connectivity index (χ2v) is 5.44. The first-order chi connectivity index (χ1) is 10.5. The lowest BCUT2D eigenvalue weighted by molar-refractivity contribution is -0.169. The second kappa shape index (κ2) is 6.17. The minimum absolute atomic E-state index is 0.246. The molecule has 1 aliphatic carbocycles. The van der Waals surface area contributed by atoms with Gasteiger partial charge in [-0.1, -0.05) is 30.3 Å². The third-order valence-corrected chi connectivity index (χ3v) is 4.34. The second-order valence-electron chi connectivity index (χ2n) is 5.44. The van der Waals surface area contributed by atoms with Crippen molar-refractivity contribution in [2.45, 2.75) is 18.3 Å². The Balaban J connectivity index is 2.42. The van der Waals surface area contributed by atoms with Gasteiger partial charge in [0.1, 0.15) is 0 Å². The average molecular weight is 306 g/mol. The van der Waals surface area contributed by atoms with Gasteiger partial charge in [-0.2, -0.15) is 0 Å². The van der Waals surface area contributed by atoms with Crippen LogP contribution in [0.25, 0.3) is 0 Å². The summed E-state index contributed by atoms with van der Waals surface area (Å²) in [6.07, 6.45) is 0.492. The summed E-state index contributed by atoms with van der Waals surface area (Å²) in [5, 5.41) is 9.50. The number of ether oxygens (including phenoxy) is 2. The van der Waals surface area contributed by atoms with Gasteiger partial charge in [-0.25, -0.2) is 0 Å². The molecule has 6 heteroatoms. The predicted molar refractivity (Wildman–Crippen MR) is 76.0 cm³/mol. The summed E-state index contributed by atoms with van der Waals surface area (Å²) >= 11 is 0. The molecule has 1 aromatic carbocycles. The summed E-state index contributed by atoms with van der Waals surface area (Å²) in [4.78, 5) is 35.3. The number of esters is 2. The van der Waals surface area contributed by atoms with Crippen molar-refractivity contribution in [3.8, 4) is 0 Å². The van der Waals surface area contributed by atoms with Crippen LogP contribution in [0.5, 0.6) is 0 Å². The number of hydrogen-bond donors (Lipinski definition) is 1. The van der Waals surface area contributed by atoms with Crippen LogP contribution in [-0.4, -0.2) is 37.2 Å². The Bertz CT molecular complexity index is 574. The third kappa shape index (κ3) is 2.56. The summed E-state index contributed by atoms with van der Waals surface area (Å²) in [5.74, 6) is -4.20. The summed E-state index contributed by atoms with van der Waals surface area (Å²) in [6.45, 7) is 0. The van der Waals surface area contributed by atoms with Crippen molar-refractivity contribution in [2.75, 3.05) is 14.2 Å². The van der Waals surface area contributed by atoms with E-state index >= 15 is 0 Å². The number of carbonyl (C=O) groups excluding carboxylic acids is 2. The first kappa shape index (κ1) is 16.0. The van der Waals surface area contributed by atoms with Gasteiger partial charge in [-0.3, -0.25) is 14.4 Å². The molecule has 1 atom stereocenters. The van der Waals surface area contributed by atoms with Crippen molar-refractivity contribution in [1.82, 2.24) is 0 Å². The number of carboxylic acids is 1. The van der Waals surface area contributed by atoms with Gasteiger partial charge in [0.05, 0.1) is 20.1 Å². The van der Waals surface area contributed by atoms with Crippen LogP contribution < -0.4 is 0 Å². The zero-order chi connectivity index (χ0) is 16.3. The van der Waals surface area contributed by atoms with E-state index in [1.807, 2.05) is 6.07 Å². The molecular weight excluding hydrogens is 288 g/mol. The van der Waals surface area contributed by atoms with E-state index in [1.54, 1.807) is 24.3 Å². The van der Waals surface area contributed by atoms with Crippen LogP contribution in [0.1, 0.15) is 18.4 Å². The molecule has 0 saturated heterocycles. The fourth-order valence-corrected chi connectivity index (χ4v) is 3.24. The molecule has 1 fully saturated rings. The molecule has 0 spiro atoms. The standard InChI is InChI=1S/C16H18O6/c1-21-14(19)10-8-16(9-10,11-6-4-3-5-7-11)12(13(17)18)15(20)22-2/h3-7,10,12H,8-9H2,1-2H3,(H,17,18)/t10-,12?,16-. The molecule has 118 valence electrons. The zero-order valence-electron chi connectivity index (χ0n) is 12.4. The van der Waals surface area contributed by atoms with E-state index in [0.29, 0.717) is 5.56 Å². The zero-order valence-corrected chi connectivity index (χ0v) is 12.4. The first-order valence-corrected chi connectivity index (χ1v) is 6.90. The lowest BCUT2D eigenvalue weighted by Gasteiger charge is -2.49. The maximum atomic E-state index is 12.0. The van der Waals surface area contributed by atoms with Crippen LogP contribution in [0.4, 0.5) is 0 Å². The number of carboxylic acid groups (broad SMARTS) is 1. The van der Waals surface area contributed by atoms with E-state index < -0.39 is 29.2 Å². The van der Waals surface area contributed by atoms with Crippen molar-refractivity contribution in [3.05, 3.63) is 35.9 Å². The number of hydrogen-bond acceptors (Lipinski definition) is 5. The summed E-state index contributed by atoms with van der Waals surface area (Å²) in [7, 11) is 2.45. The van der Waals surface area contributed by atoms with Crippen molar-refractivity contribution >= 4 is 17.9 Å². The minimum atomic E-state index is -1.35. The molecule has 1 aliphatic rings. The SMILES string of the molecule is COC(=O)C(C(=O)O)[C@]1(c2ccccc2)C[C@@H](C(=O)OC)C1. The summed E-state index contributed by atoms with van der Waals surface area (Å²) in [6, 6.07) is 8.90. The van der Waals surface area contributed by atoms with Crippen LogP contribution >= 0.6 is 0 Å². The van der Waals surface area contributed by atoms with Gasteiger partial charge in [-0.15, -0.1) is 0 Å². The summed E-state index contributed by atoms with van der Waals surface area (Å²) < 4.78 is 9.37. The van der Waals surface area contributed by atoms with Gasteiger partial charge >= 0.3 is 17.9 Å². The Hall–Kier alpha value is -2.37. The van der Waals surface area contributed by atoms with Gasteiger partial charge in [0, 0.05) is 5.41 Å². The van der Waals surface area contributed by atoms with Crippen molar-refractivity contribution in [1.29, 1.82) is 0 Å². The van der Waals surface area contributed by atoms with Crippen LogP contribution in [0.3, 0.4) is 0 Å². The normalized spacial score (nSPS) is 24.7. The molecule has 0 bridgehead atoms. The molecule has 0 aliphatic heterocycles. The highest BCUT2D eigenvalue weighted by Crippen LogP contribution is 2.53. The molecule has 1 N–H and O–H groups in total. The average Bonchev–Trinajstić information content (AvgIpc) is 2.49. The molecule has 0 aromatic heterocycles. The fourth-order valence-electron chi connectivity index (χ4n) is 3.24. The third-order valence-electron chi connectivity index (χ3n) is 4.34. The van der Waals surface area contributed by atoms with Gasteiger partial charge in [0.25, 0.3) is 0 Å². The highest BCUT2D eigenvalue weighted by Gasteiger charge is 2.59. The molecule has 0 heterocycles. The number of aliphatic carboxylic acids is 1. The monoisotopic (exact) mass is 306 g/mol. The Morgan fingerprint density at radius 2 is 1.73 bits per heavy atom. The Morgan fingerprint density at radius 1 is 1.14 bits per heavy atom. The Kier molecular flexibility index (Phi) is 4.49. The number of methoxy groups -OCH3 is 2. The number of benzene rings is 1. The fraction of sp³-hybridized carbons (Fsp3) is 0.438. The highest BCUT2D eigenvalue weighted by molar-refractivity contribution is 5.96. The Morgan fingerprint density at radius 3 is 2.18 bits per heavy atom. The topological polar surface area (TPSA) is 89.9 Å². The first-order valence-electron chi connectivity index (χ1n) is 6.90. The van der Waals surface area contributed by atoms with Crippen LogP contribution in [0, 0.1) is 11.8 Å². The lowest BCUT2D eigenvalue weighted by atomic mass is 9.53. The van der Waals surface area contributed by atoms with Crippen molar-refractivity contribution in [3.63, 3.8) is 0 Å². The smallest absolute Gasteiger partial charge is 0.320 e. The molecule has 22 heavy (non-hydrogen) atoms. The summed E-state index contributed by atoms with van der Waals surface area (Å²) in [5.41, 5.74) is -0.230. The van der Waals surface area contributed by atoms with Gasteiger partial charge in [0.15, 0.2) is 5.92 Å². The Labute approximate surface area is 128 Å². The number of carbonyl (C=O) groups is 3. The van der Waals surface area contributed by atoms with E-state index in [1.165, 1.54) is 7.11 Å². The lowest BCUT2D eigenvalue weighted by Crippen LogP contribution is -2.55. The quantitative estimate of drug-likeness (QED) is 0.653. The van der Waals surface area contributed by atoms with Crippen molar-refractivity contribution in [2.24, 2.45) is 11.8 Å². The number of rotatable bonds is 5. The van der Waals surface area contributed by atoms with Crippen LogP contribution in [-0.2, 0) is 29.3 Å². The van der Waals surface area contributed by atoms with Gasteiger partial charge in [-0.05, 0) is 18.4 Å². The predicted octanol–water partition coefficient (Wildman–Crippen LogP) is 1.38. The largest absolute Gasteiger partial charge is 0.481 e.